The van der Waals surface area contributed by atoms with Crippen LogP contribution < -0.4 is 11.1 Å². The van der Waals surface area contributed by atoms with Gasteiger partial charge in [-0.25, -0.2) is 0 Å². The number of carbonyl (C=O) groups excluding carboxylic acids is 2. The lowest BCUT2D eigenvalue weighted by molar-refractivity contribution is -0.137. The number of likely N-dealkylation sites (tertiary alicyclic amines) is 1. The first-order chi connectivity index (χ1) is 8.43. The molecular weight excluding hydrogens is 230 g/mol. The van der Waals surface area contributed by atoms with Crippen molar-refractivity contribution in [2.75, 3.05) is 13.1 Å². The number of hydrogen-bond donors (Lipinski definition) is 2. The van der Waals surface area contributed by atoms with Crippen molar-refractivity contribution in [3.63, 3.8) is 0 Å². The third-order valence-corrected chi connectivity index (χ3v) is 3.50. The Morgan fingerprint density at radius 3 is 2.61 bits per heavy atom. The highest BCUT2D eigenvalue weighted by atomic mass is 16.2. The molecule has 1 aliphatic rings. The van der Waals surface area contributed by atoms with E-state index >= 15 is 0 Å². The van der Waals surface area contributed by atoms with Gasteiger partial charge in [0.2, 0.25) is 11.8 Å². The monoisotopic (exact) mass is 255 g/mol. The molecule has 0 aromatic carbocycles. The van der Waals surface area contributed by atoms with Crippen molar-refractivity contribution in [3.8, 4) is 0 Å². The highest BCUT2D eigenvalue weighted by Crippen LogP contribution is 2.18. The molecule has 0 aromatic rings. The quantitative estimate of drug-likeness (QED) is 0.767. The van der Waals surface area contributed by atoms with E-state index in [1.54, 1.807) is 0 Å². The lowest BCUT2D eigenvalue weighted by Crippen LogP contribution is -2.55. The Balaban J connectivity index is 2.63. The largest absolute Gasteiger partial charge is 0.354 e. The molecule has 0 aliphatic carbocycles. The van der Waals surface area contributed by atoms with Crippen LogP contribution in [0.2, 0.25) is 0 Å². The predicted molar refractivity (Wildman–Crippen MR) is 70.8 cm³/mol. The first kappa shape index (κ1) is 15.0. The van der Waals surface area contributed by atoms with Crippen LogP contribution in [0, 0.1) is 5.92 Å². The van der Waals surface area contributed by atoms with Gasteiger partial charge >= 0.3 is 0 Å². The van der Waals surface area contributed by atoms with Gasteiger partial charge in [0.15, 0.2) is 0 Å². The van der Waals surface area contributed by atoms with E-state index < -0.39 is 6.04 Å². The molecule has 0 spiro atoms. The van der Waals surface area contributed by atoms with Gasteiger partial charge in [-0.3, -0.25) is 9.59 Å². The highest BCUT2D eigenvalue weighted by Gasteiger charge is 2.30. The van der Waals surface area contributed by atoms with Gasteiger partial charge in [0.05, 0.1) is 6.04 Å². The highest BCUT2D eigenvalue weighted by molar-refractivity contribution is 5.82. The number of rotatable bonds is 4. The second-order valence-electron chi connectivity index (χ2n) is 5.39. The Hall–Kier alpha value is -1.10. The van der Waals surface area contributed by atoms with Gasteiger partial charge in [-0.15, -0.1) is 0 Å². The van der Waals surface area contributed by atoms with Crippen molar-refractivity contribution in [2.45, 2.75) is 52.1 Å². The fraction of sp³-hybridized carbons (Fsp3) is 0.846. The first-order valence-electron chi connectivity index (χ1n) is 6.74. The predicted octanol–water partition coefficient (Wildman–Crippen LogP) is 0.487. The van der Waals surface area contributed by atoms with Crippen molar-refractivity contribution in [1.29, 1.82) is 0 Å². The Morgan fingerprint density at radius 1 is 1.39 bits per heavy atom. The molecule has 3 N–H and O–H groups in total. The third-order valence-electron chi connectivity index (χ3n) is 3.50. The van der Waals surface area contributed by atoms with Crippen molar-refractivity contribution >= 4 is 11.8 Å². The van der Waals surface area contributed by atoms with E-state index in [0.717, 1.165) is 25.8 Å². The first-order valence-corrected chi connectivity index (χ1v) is 6.74. The van der Waals surface area contributed by atoms with Crippen LogP contribution in [0.25, 0.3) is 0 Å². The second kappa shape index (κ2) is 6.73. The SMILES string of the molecule is CC(=O)NCC1CCCCN1C(=O)C(N)C(C)C. The Morgan fingerprint density at radius 2 is 2.06 bits per heavy atom. The summed E-state index contributed by atoms with van der Waals surface area (Å²) >= 11 is 0. The molecule has 5 nitrogen and oxygen atoms in total. The van der Waals surface area contributed by atoms with Crippen molar-refractivity contribution in [1.82, 2.24) is 10.2 Å². The van der Waals surface area contributed by atoms with Gasteiger partial charge in [-0.05, 0) is 25.2 Å². The van der Waals surface area contributed by atoms with Gasteiger partial charge < -0.3 is 16.0 Å². The Kier molecular flexibility index (Phi) is 5.59. The molecule has 0 saturated carbocycles. The molecule has 18 heavy (non-hydrogen) atoms. The summed E-state index contributed by atoms with van der Waals surface area (Å²) in [5.41, 5.74) is 5.93. The van der Waals surface area contributed by atoms with Crippen LogP contribution >= 0.6 is 0 Å². The van der Waals surface area contributed by atoms with Crippen LogP contribution in [0.15, 0.2) is 0 Å². The zero-order valence-corrected chi connectivity index (χ0v) is 11.6. The lowest BCUT2D eigenvalue weighted by Gasteiger charge is -2.38. The van der Waals surface area contributed by atoms with Gasteiger partial charge in [-0.1, -0.05) is 13.8 Å². The Bertz CT molecular complexity index is 305. The summed E-state index contributed by atoms with van der Waals surface area (Å²) in [6, 6.07) is -0.345. The van der Waals surface area contributed by atoms with Crippen LogP contribution in [0.5, 0.6) is 0 Å². The molecule has 0 radical (unpaired) electrons. The molecule has 0 bridgehead atoms. The Labute approximate surface area is 109 Å². The molecule has 1 saturated heterocycles. The van der Waals surface area contributed by atoms with E-state index in [-0.39, 0.29) is 23.8 Å². The minimum Gasteiger partial charge on any atom is -0.354 e. The molecule has 2 atom stereocenters. The molecule has 0 aromatic heterocycles. The van der Waals surface area contributed by atoms with Crippen LogP contribution in [0.3, 0.4) is 0 Å². The average Bonchev–Trinajstić information content (AvgIpc) is 2.34. The summed E-state index contributed by atoms with van der Waals surface area (Å²) in [6.07, 6.45) is 3.06. The van der Waals surface area contributed by atoms with E-state index in [1.807, 2.05) is 18.7 Å². The molecule has 1 rings (SSSR count). The number of carbonyl (C=O) groups is 2. The maximum atomic E-state index is 12.3. The summed E-state index contributed by atoms with van der Waals surface area (Å²) in [5.74, 6) is 0.0991. The number of piperidine rings is 1. The third kappa shape index (κ3) is 3.98. The molecule has 5 heteroatoms. The molecule has 1 heterocycles. The molecule has 2 amide bonds. The number of nitrogens with one attached hydrogen (secondary N) is 1. The van der Waals surface area contributed by atoms with Gasteiger partial charge in [0.25, 0.3) is 0 Å². The summed E-state index contributed by atoms with van der Waals surface area (Å²) in [7, 11) is 0. The number of hydrogen-bond acceptors (Lipinski definition) is 3. The molecular formula is C13H25N3O2. The maximum Gasteiger partial charge on any atom is 0.240 e. The molecule has 2 unspecified atom stereocenters. The lowest BCUT2D eigenvalue weighted by atomic mass is 9.98. The van der Waals surface area contributed by atoms with Crippen molar-refractivity contribution in [3.05, 3.63) is 0 Å². The minimum absolute atomic E-state index is 0.0139. The minimum atomic E-state index is -0.442. The fourth-order valence-electron chi connectivity index (χ4n) is 2.24. The van der Waals surface area contributed by atoms with Crippen LogP contribution in [-0.2, 0) is 9.59 Å². The topological polar surface area (TPSA) is 75.4 Å². The van der Waals surface area contributed by atoms with Crippen LogP contribution in [-0.4, -0.2) is 41.9 Å². The second-order valence-corrected chi connectivity index (χ2v) is 5.39. The summed E-state index contributed by atoms with van der Waals surface area (Å²) in [4.78, 5) is 25.1. The van der Waals surface area contributed by atoms with Gasteiger partial charge in [-0.2, -0.15) is 0 Å². The van der Waals surface area contributed by atoms with Crippen molar-refractivity contribution in [2.24, 2.45) is 11.7 Å². The van der Waals surface area contributed by atoms with Crippen LogP contribution in [0.4, 0.5) is 0 Å². The van der Waals surface area contributed by atoms with Gasteiger partial charge in [0.1, 0.15) is 0 Å². The molecule has 1 fully saturated rings. The zero-order valence-electron chi connectivity index (χ0n) is 11.6. The summed E-state index contributed by atoms with van der Waals surface area (Å²) in [6.45, 7) is 6.69. The number of amides is 2. The molecule has 1 aliphatic heterocycles. The van der Waals surface area contributed by atoms with E-state index in [1.165, 1.54) is 6.92 Å². The van der Waals surface area contributed by atoms with E-state index in [9.17, 15) is 9.59 Å². The number of nitrogens with two attached hydrogens (primary N) is 1. The van der Waals surface area contributed by atoms with E-state index in [0.29, 0.717) is 6.54 Å². The van der Waals surface area contributed by atoms with Crippen molar-refractivity contribution < 1.29 is 9.59 Å². The standard InChI is InChI=1S/C13H25N3O2/c1-9(2)12(14)13(18)16-7-5-4-6-11(16)8-15-10(3)17/h9,11-12H,4-8,14H2,1-3H3,(H,15,17). The van der Waals surface area contributed by atoms with E-state index in [4.69, 9.17) is 5.73 Å². The average molecular weight is 255 g/mol. The van der Waals surface area contributed by atoms with Gasteiger partial charge in [0, 0.05) is 26.1 Å². The maximum absolute atomic E-state index is 12.3. The summed E-state index contributed by atoms with van der Waals surface area (Å²) in [5, 5.41) is 2.79. The molecule has 104 valence electrons. The van der Waals surface area contributed by atoms with E-state index in [2.05, 4.69) is 5.32 Å². The fourth-order valence-corrected chi connectivity index (χ4v) is 2.24. The summed E-state index contributed by atoms with van der Waals surface area (Å²) < 4.78 is 0. The smallest absolute Gasteiger partial charge is 0.240 e. The van der Waals surface area contributed by atoms with Crippen LogP contribution in [0.1, 0.15) is 40.0 Å². The zero-order chi connectivity index (χ0) is 13.7. The number of nitrogens with zero attached hydrogens (tertiary/aromatic N) is 1. The normalized spacial score (nSPS) is 21.8.